The van der Waals surface area contributed by atoms with Gasteiger partial charge in [-0.1, -0.05) is 30.9 Å². The van der Waals surface area contributed by atoms with Crippen molar-refractivity contribution in [3.8, 4) is 11.5 Å². The molecule has 6 heteroatoms. The van der Waals surface area contributed by atoms with Crippen molar-refractivity contribution in [2.75, 3.05) is 6.79 Å². The minimum absolute atomic E-state index is 0.0297. The van der Waals surface area contributed by atoms with E-state index in [1.165, 1.54) is 6.07 Å². The molecule has 108 valence electrons. The molecule has 2 aliphatic rings. The van der Waals surface area contributed by atoms with E-state index in [1.807, 2.05) is 0 Å². The normalized spacial score (nSPS) is 19.9. The number of aliphatic carboxylic acids is 1. The molecular formula is C14H14ClFO4. The number of rotatable bonds is 2. The predicted octanol–water partition coefficient (Wildman–Crippen LogP) is 3.49. The van der Waals surface area contributed by atoms with Crippen LogP contribution in [-0.2, 0) is 10.2 Å². The van der Waals surface area contributed by atoms with Crippen molar-refractivity contribution in [1.29, 1.82) is 0 Å². The van der Waals surface area contributed by atoms with Crippen LogP contribution in [0.5, 0.6) is 11.5 Å². The first-order chi connectivity index (χ1) is 9.56. The van der Waals surface area contributed by atoms with E-state index in [1.54, 1.807) is 0 Å². The van der Waals surface area contributed by atoms with E-state index in [0.29, 0.717) is 18.6 Å². The summed E-state index contributed by atoms with van der Waals surface area (Å²) in [4.78, 5) is 11.8. The molecule has 0 unspecified atom stereocenters. The second kappa shape index (κ2) is 4.81. The van der Waals surface area contributed by atoms with Crippen molar-refractivity contribution in [3.63, 3.8) is 0 Å². The number of ether oxygens (including phenoxy) is 2. The summed E-state index contributed by atoms with van der Waals surface area (Å²) in [6, 6.07) is 1.43. The summed E-state index contributed by atoms with van der Waals surface area (Å²) >= 11 is 5.96. The second-order valence-corrected chi connectivity index (χ2v) is 5.61. The van der Waals surface area contributed by atoms with Crippen LogP contribution in [0.4, 0.5) is 4.39 Å². The maximum Gasteiger partial charge on any atom is 0.314 e. The van der Waals surface area contributed by atoms with Crippen molar-refractivity contribution < 1.29 is 23.8 Å². The van der Waals surface area contributed by atoms with Gasteiger partial charge < -0.3 is 14.6 Å². The lowest BCUT2D eigenvalue weighted by Gasteiger charge is -2.34. The molecule has 1 aromatic rings. The molecule has 1 fully saturated rings. The quantitative estimate of drug-likeness (QED) is 0.908. The van der Waals surface area contributed by atoms with E-state index in [4.69, 9.17) is 21.1 Å². The van der Waals surface area contributed by atoms with Crippen LogP contribution >= 0.6 is 11.6 Å². The van der Waals surface area contributed by atoms with Crippen LogP contribution < -0.4 is 9.47 Å². The number of halogens is 2. The first kappa shape index (κ1) is 13.5. The summed E-state index contributed by atoms with van der Waals surface area (Å²) < 4.78 is 24.8. The van der Waals surface area contributed by atoms with Gasteiger partial charge in [0.1, 0.15) is 10.8 Å². The van der Waals surface area contributed by atoms with Gasteiger partial charge in [-0.15, -0.1) is 0 Å². The monoisotopic (exact) mass is 300 g/mol. The third-order valence-electron chi connectivity index (χ3n) is 4.18. The lowest BCUT2D eigenvalue weighted by molar-refractivity contribution is -0.145. The van der Waals surface area contributed by atoms with Crippen LogP contribution in [-0.4, -0.2) is 17.9 Å². The number of benzene rings is 1. The summed E-state index contributed by atoms with van der Waals surface area (Å²) in [5.41, 5.74) is -1.11. The Bertz CT molecular complexity index is 567. The standard InChI is InChI=1S/C14H14ClFO4/c15-10-11(16)8(6-9-12(10)20-7-19-9)14(13(17)18)4-2-1-3-5-14/h6H,1-5,7H2,(H,17,18). The molecule has 4 nitrogen and oxygen atoms in total. The highest BCUT2D eigenvalue weighted by Gasteiger charge is 2.45. The average Bonchev–Trinajstić information content (AvgIpc) is 2.92. The van der Waals surface area contributed by atoms with E-state index in [-0.39, 0.29) is 23.1 Å². The SMILES string of the molecule is O=C(O)C1(c2cc3c(c(Cl)c2F)OCO3)CCCCC1. The molecule has 0 radical (unpaired) electrons. The minimum Gasteiger partial charge on any atom is -0.481 e. The Morgan fingerprint density at radius 1 is 1.30 bits per heavy atom. The van der Waals surface area contributed by atoms with Gasteiger partial charge in [-0.2, -0.15) is 0 Å². The maximum absolute atomic E-state index is 14.5. The second-order valence-electron chi connectivity index (χ2n) is 5.23. The van der Waals surface area contributed by atoms with Gasteiger partial charge in [0.15, 0.2) is 11.5 Å². The third kappa shape index (κ3) is 1.84. The van der Waals surface area contributed by atoms with Gasteiger partial charge in [0.25, 0.3) is 0 Å². The molecule has 1 saturated carbocycles. The number of hydrogen-bond acceptors (Lipinski definition) is 3. The molecule has 1 heterocycles. The number of fused-ring (bicyclic) bond motifs is 1. The first-order valence-corrected chi connectivity index (χ1v) is 6.95. The molecule has 0 saturated heterocycles. The Morgan fingerprint density at radius 3 is 2.65 bits per heavy atom. The summed E-state index contributed by atoms with van der Waals surface area (Å²) in [5.74, 6) is -1.24. The lowest BCUT2D eigenvalue weighted by Crippen LogP contribution is -2.38. The number of carboxylic acids is 1. The Morgan fingerprint density at radius 2 is 2.00 bits per heavy atom. The Hall–Kier alpha value is -1.49. The van der Waals surface area contributed by atoms with Gasteiger partial charge in [0.05, 0.1) is 5.41 Å². The number of hydrogen-bond donors (Lipinski definition) is 1. The minimum atomic E-state index is -1.22. The van der Waals surface area contributed by atoms with Gasteiger partial charge in [-0.3, -0.25) is 4.79 Å². The molecule has 3 rings (SSSR count). The predicted molar refractivity (Wildman–Crippen MR) is 69.9 cm³/mol. The van der Waals surface area contributed by atoms with E-state index < -0.39 is 17.2 Å². The molecule has 0 amide bonds. The molecule has 0 spiro atoms. The van der Waals surface area contributed by atoms with E-state index in [0.717, 1.165) is 19.3 Å². The topological polar surface area (TPSA) is 55.8 Å². The maximum atomic E-state index is 14.5. The molecule has 0 atom stereocenters. The van der Waals surface area contributed by atoms with Gasteiger partial charge in [0, 0.05) is 5.56 Å². The molecular weight excluding hydrogens is 287 g/mol. The highest BCUT2D eigenvalue weighted by atomic mass is 35.5. The fourth-order valence-corrected chi connectivity index (χ4v) is 3.33. The van der Waals surface area contributed by atoms with Crippen LogP contribution in [0.2, 0.25) is 5.02 Å². The van der Waals surface area contributed by atoms with Crippen molar-refractivity contribution in [2.24, 2.45) is 0 Å². The zero-order valence-electron chi connectivity index (χ0n) is 10.7. The molecule has 0 aromatic heterocycles. The van der Waals surface area contributed by atoms with Crippen LogP contribution in [0.15, 0.2) is 6.07 Å². The number of carbonyl (C=O) groups is 1. The van der Waals surface area contributed by atoms with Crippen molar-refractivity contribution in [1.82, 2.24) is 0 Å². The van der Waals surface area contributed by atoms with Gasteiger partial charge >= 0.3 is 5.97 Å². The van der Waals surface area contributed by atoms with Crippen molar-refractivity contribution >= 4 is 17.6 Å². The van der Waals surface area contributed by atoms with E-state index in [9.17, 15) is 14.3 Å². The molecule has 0 bridgehead atoms. The fraction of sp³-hybridized carbons (Fsp3) is 0.500. The van der Waals surface area contributed by atoms with Crippen LogP contribution in [0.1, 0.15) is 37.7 Å². The largest absolute Gasteiger partial charge is 0.481 e. The molecule has 20 heavy (non-hydrogen) atoms. The molecule has 1 aliphatic heterocycles. The summed E-state index contributed by atoms with van der Waals surface area (Å²) in [6.07, 6.45) is 3.31. The summed E-state index contributed by atoms with van der Waals surface area (Å²) in [6.45, 7) is -0.0297. The molecule has 1 aromatic carbocycles. The van der Waals surface area contributed by atoms with E-state index >= 15 is 0 Å². The van der Waals surface area contributed by atoms with Gasteiger partial charge in [-0.05, 0) is 18.9 Å². The Kier molecular flexibility index (Phi) is 3.24. The average molecular weight is 301 g/mol. The van der Waals surface area contributed by atoms with Gasteiger partial charge in [0.2, 0.25) is 6.79 Å². The molecule has 1 aliphatic carbocycles. The first-order valence-electron chi connectivity index (χ1n) is 6.58. The highest BCUT2D eigenvalue weighted by Crippen LogP contribution is 2.48. The highest BCUT2D eigenvalue weighted by molar-refractivity contribution is 6.32. The zero-order chi connectivity index (χ0) is 14.3. The smallest absolute Gasteiger partial charge is 0.314 e. The van der Waals surface area contributed by atoms with Crippen molar-refractivity contribution in [2.45, 2.75) is 37.5 Å². The van der Waals surface area contributed by atoms with Crippen LogP contribution in [0.25, 0.3) is 0 Å². The number of carboxylic acid groups (broad SMARTS) is 1. The fourth-order valence-electron chi connectivity index (χ4n) is 3.08. The molecule has 1 N–H and O–H groups in total. The van der Waals surface area contributed by atoms with Gasteiger partial charge in [-0.25, -0.2) is 4.39 Å². The Labute approximate surface area is 120 Å². The summed E-state index contributed by atoms with van der Waals surface area (Å²) in [5, 5.41) is 9.43. The van der Waals surface area contributed by atoms with Crippen LogP contribution in [0, 0.1) is 5.82 Å². The van der Waals surface area contributed by atoms with Crippen LogP contribution in [0.3, 0.4) is 0 Å². The Balaban J connectivity index is 2.17. The third-order valence-corrected chi connectivity index (χ3v) is 4.52. The lowest BCUT2D eigenvalue weighted by atomic mass is 9.69. The van der Waals surface area contributed by atoms with E-state index in [2.05, 4.69) is 0 Å². The van der Waals surface area contributed by atoms with Crippen molar-refractivity contribution in [3.05, 3.63) is 22.5 Å². The summed E-state index contributed by atoms with van der Waals surface area (Å²) in [7, 11) is 0. The zero-order valence-corrected chi connectivity index (χ0v) is 11.5.